The third kappa shape index (κ3) is 6.11. The highest BCUT2D eigenvalue weighted by molar-refractivity contribution is 8.01. The van der Waals surface area contributed by atoms with Crippen LogP contribution >= 0.6 is 11.8 Å². The minimum absolute atomic E-state index is 0.0185. The van der Waals surface area contributed by atoms with Crippen LogP contribution in [0.2, 0.25) is 0 Å². The van der Waals surface area contributed by atoms with Gasteiger partial charge in [0.1, 0.15) is 5.25 Å². The summed E-state index contributed by atoms with van der Waals surface area (Å²) in [6.07, 6.45) is 0.940. The van der Waals surface area contributed by atoms with Crippen LogP contribution in [0.3, 0.4) is 0 Å². The van der Waals surface area contributed by atoms with Crippen molar-refractivity contribution in [2.75, 3.05) is 18.1 Å². The number of para-hydroxylation sites is 1. The number of nitrogens with zero attached hydrogens (tertiary/aromatic N) is 1. The number of carbonyl (C=O) groups is 2. The third-order valence-corrected chi connectivity index (χ3v) is 6.78. The first kappa shape index (κ1) is 23.4. The first-order chi connectivity index (χ1) is 14.9. The summed E-state index contributed by atoms with van der Waals surface area (Å²) in [7, 11) is 0. The van der Waals surface area contributed by atoms with Gasteiger partial charge in [-0.2, -0.15) is 0 Å². The van der Waals surface area contributed by atoms with E-state index in [1.807, 2.05) is 56.9 Å². The van der Waals surface area contributed by atoms with Crippen LogP contribution in [-0.4, -0.2) is 36.3 Å². The van der Waals surface area contributed by atoms with E-state index < -0.39 is 11.2 Å². The van der Waals surface area contributed by atoms with Gasteiger partial charge >= 0.3 is 0 Å². The molecule has 1 N–H and O–H groups in total. The number of aryl methyl sites for hydroxylation is 1. The van der Waals surface area contributed by atoms with Crippen molar-refractivity contribution in [2.24, 2.45) is 5.92 Å². The number of amides is 2. The minimum Gasteiger partial charge on any atom is -0.379 e. The topological polar surface area (TPSA) is 58.6 Å². The Morgan fingerprint density at radius 2 is 1.84 bits per heavy atom. The number of fused-ring (bicyclic) bond motifs is 1. The van der Waals surface area contributed by atoms with Crippen LogP contribution < -0.4 is 10.2 Å². The van der Waals surface area contributed by atoms with Crippen molar-refractivity contribution in [3.63, 3.8) is 0 Å². The second-order valence-corrected chi connectivity index (χ2v) is 9.45. The zero-order valence-corrected chi connectivity index (χ0v) is 19.6. The van der Waals surface area contributed by atoms with E-state index in [2.05, 4.69) is 29.6 Å². The maximum absolute atomic E-state index is 13.5. The van der Waals surface area contributed by atoms with Crippen LogP contribution in [0.4, 0.5) is 5.69 Å². The predicted molar refractivity (Wildman–Crippen MR) is 126 cm³/mol. The lowest BCUT2D eigenvalue weighted by Gasteiger charge is -2.35. The summed E-state index contributed by atoms with van der Waals surface area (Å²) in [5, 5.41) is 2.51. The monoisotopic (exact) mass is 440 g/mol. The average molecular weight is 441 g/mol. The molecule has 2 amide bonds. The number of ether oxygens (including phenoxy) is 1. The van der Waals surface area contributed by atoms with Gasteiger partial charge in [0, 0.05) is 18.0 Å². The van der Waals surface area contributed by atoms with Crippen LogP contribution in [0, 0.1) is 12.8 Å². The third-order valence-electron chi connectivity index (χ3n) is 5.32. The molecule has 2 atom stereocenters. The Morgan fingerprint density at radius 1 is 1.13 bits per heavy atom. The van der Waals surface area contributed by atoms with Gasteiger partial charge in [-0.25, -0.2) is 0 Å². The van der Waals surface area contributed by atoms with Crippen LogP contribution in [0.25, 0.3) is 0 Å². The lowest BCUT2D eigenvalue weighted by atomic mass is 10.0. The molecule has 2 aromatic carbocycles. The largest absolute Gasteiger partial charge is 0.379 e. The van der Waals surface area contributed by atoms with Crippen molar-refractivity contribution in [3.05, 3.63) is 59.7 Å². The molecule has 0 spiro atoms. The molecule has 0 saturated heterocycles. The van der Waals surface area contributed by atoms with E-state index in [0.29, 0.717) is 19.7 Å². The van der Waals surface area contributed by atoms with Crippen LogP contribution in [0.5, 0.6) is 0 Å². The van der Waals surface area contributed by atoms with Crippen molar-refractivity contribution in [3.8, 4) is 0 Å². The van der Waals surface area contributed by atoms with E-state index >= 15 is 0 Å². The number of thioether (sulfide) groups is 1. The summed E-state index contributed by atoms with van der Waals surface area (Å²) >= 11 is 1.49. The molecule has 0 fully saturated rings. The molecule has 1 heterocycles. The molecule has 0 saturated carbocycles. The van der Waals surface area contributed by atoms with Crippen molar-refractivity contribution < 1.29 is 14.3 Å². The Balaban J connectivity index is 1.70. The van der Waals surface area contributed by atoms with Gasteiger partial charge in [-0.1, -0.05) is 48.9 Å². The Morgan fingerprint density at radius 3 is 2.55 bits per heavy atom. The Hall–Kier alpha value is -2.31. The molecule has 1 aliphatic rings. The fourth-order valence-corrected chi connectivity index (χ4v) is 4.78. The molecule has 0 bridgehead atoms. The van der Waals surface area contributed by atoms with Gasteiger partial charge in [-0.05, 0) is 44.9 Å². The number of rotatable bonds is 9. The van der Waals surface area contributed by atoms with Crippen LogP contribution in [-0.2, 0) is 20.9 Å². The van der Waals surface area contributed by atoms with E-state index in [-0.39, 0.29) is 17.9 Å². The maximum Gasteiger partial charge on any atom is 0.241 e. The van der Waals surface area contributed by atoms with Crippen molar-refractivity contribution in [2.45, 2.75) is 56.9 Å². The van der Waals surface area contributed by atoms with E-state index in [4.69, 9.17) is 4.74 Å². The molecule has 6 heteroatoms. The second kappa shape index (κ2) is 10.8. The second-order valence-electron chi connectivity index (χ2n) is 8.27. The zero-order chi connectivity index (χ0) is 22.4. The zero-order valence-electron chi connectivity index (χ0n) is 18.8. The maximum atomic E-state index is 13.5. The standard InChI is InChI=1S/C25H32N2O3S/c1-17(2)30-15-7-14-26-24(28)19(4)23-25(29)27(16-20-12-10-18(3)11-13-20)21-8-5-6-9-22(21)31-23/h5-6,8-13,17,19,23H,7,14-16H2,1-4H3,(H,26,28)/t19-,23-/m0/s1. The van der Waals surface area contributed by atoms with Crippen LogP contribution in [0.15, 0.2) is 53.4 Å². The first-order valence-electron chi connectivity index (χ1n) is 10.9. The highest BCUT2D eigenvalue weighted by atomic mass is 32.2. The van der Waals surface area contributed by atoms with Gasteiger partial charge in [-0.15, -0.1) is 11.8 Å². The summed E-state index contributed by atoms with van der Waals surface area (Å²) in [5.74, 6) is -0.544. The van der Waals surface area contributed by atoms with Gasteiger partial charge in [0.05, 0.1) is 24.3 Å². The molecule has 0 aliphatic carbocycles. The van der Waals surface area contributed by atoms with Gasteiger partial charge in [0.2, 0.25) is 11.8 Å². The smallest absolute Gasteiger partial charge is 0.241 e. The summed E-state index contributed by atoms with van der Waals surface area (Å²) in [5.41, 5.74) is 3.17. The normalized spacial score (nSPS) is 16.9. The van der Waals surface area contributed by atoms with Crippen LogP contribution in [0.1, 0.15) is 38.3 Å². The number of carbonyl (C=O) groups excluding carboxylic acids is 2. The van der Waals surface area contributed by atoms with Gasteiger partial charge < -0.3 is 15.0 Å². The molecular formula is C25H32N2O3S. The van der Waals surface area contributed by atoms with E-state index in [9.17, 15) is 9.59 Å². The lowest BCUT2D eigenvalue weighted by Crippen LogP contribution is -2.47. The predicted octanol–water partition coefficient (Wildman–Crippen LogP) is 4.57. The highest BCUT2D eigenvalue weighted by Crippen LogP contribution is 2.42. The molecule has 0 aromatic heterocycles. The van der Waals surface area contributed by atoms with Gasteiger partial charge in [-0.3, -0.25) is 9.59 Å². The molecule has 0 radical (unpaired) electrons. The summed E-state index contributed by atoms with van der Waals surface area (Å²) in [6.45, 7) is 9.53. The average Bonchev–Trinajstić information content (AvgIpc) is 2.75. The molecule has 0 unspecified atom stereocenters. The summed E-state index contributed by atoms with van der Waals surface area (Å²) < 4.78 is 5.52. The van der Waals surface area contributed by atoms with E-state index in [0.717, 1.165) is 22.6 Å². The number of benzene rings is 2. The number of nitrogens with one attached hydrogen (secondary N) is 1. The molecular weight excluding hydrogens is 408 g/mol. The molecule has 5 nitrogen and oxygen atoms in total. The van der Waals surface area contributed by atoms with Gasteiger partial charge in [0.15, 0.2) is 0 Å². The molecule has 3 rings (SSSR count). The van der Waals surface area contributed by atoms with Crippen molar-refractivity contribution in [1.82, 2.24) is 5.32 Å². The van der Waals surface area contributed by atoms with E-state index in [1.54, 1.807) is 0 Å². The van der Waals surface area contributed by atoms with Gasteiger partial charge in [0.25, 0.3) is 0 Å². The Bertz CT molecular complexity index is 898. The quantitative estimate of drug-likeness (QED) is 0.581. The summed E-state index contributed by atoms with van der Waals surface area (Å²) in [6, 6.07) is 16.1. The molecule has 1 aliphatic heterocycles. The first-order valence-corrected chi connectivity index (χ1v) is 11.8. The minimum atomic E-state index is -0.452. The number of hydrogen-bond donors (Lipinski definition) is 1. The summed E-state index contributed by atoms with van der Waals surface area (Å²) in [4.78, 5) is 29.1. The SMILES string of the molecule is Cc1ccc(CN2C(=O)[C@H]([C@H](C)C(=O)NCCCOC(C)C)Sc3ccccc32)cc1. The Kier molecular flexibility index (Phi) is 8.15. The molecule has 2 aromatic rings. The van der Waals surface area contributed by atoms with E-state index in [1.165, 1.54) is 17.3 Å². The molecule has 166 valence electrons. The number of hydrogen-bond acceptors (Lipinski definition) is 4. The van der Waals surface area contributed by atoms with Crippen molar-refractivity contribution in [1.29, 1.82) is 0 Å². The molecule has 31 heavy (non-hydrogen) atoms. The lowest BCUT2D eigenvalue weighted by molar-refractivity contribution is -0.128. The van der Waals surface area contributed by atoms with Crippen molar-refractivity contribution >= 4 is 29.3 Å². The Labute approximate surface area is 189 Å². The highest BCUT2D eigenvalue weighted by Gasteiger charge is 2.39. The number of anilines is 1. The fraction of sp³-hybridized carbons (Fsp3) is 0.440. The fourth-order valence-electron chi connectivity index (χ4n) is 3.50.